The highest BCUT2D eigenvalue weighted by Crippen LogP contribution is 2.47. The average molecular weight is 371 g/mol. The van der Waals surface area contributed by atoms with Gasteiger partial charge in [-0.3, -0.25) is 0 Å². The molecule has 0 aliphatic heterocycles. The predicted molar refractivity (Wildman–Crippen MR) is 100 cm³/mol. The third-order valence-corrected chi connectivity index (χ3v) is 7.38. The van der Waals surface area contributed by atoms with Gasteiger partial charge in [0, 0.05) is 17.4 Å². The van der Waals surface area contributed by atoms with Gasteiger partial charge in [-0.25, -0.2) is 4.79 Å². The summed E-state index contributed by atoms with van der Waals surface area (Å²) in [5.41, 5.74) is -1.26. The van der Waals surface area contributed by atoms with E-state index in [1.165, 1.54) is 0 Å². The van der Waals surface area contributed by atoms with Crippen molar-refractivity contribution in [3.63, 3.8) is 0 Å². The zero-order valence-electron chi connectivity index (χ0n) is 15.1. The molecule has 0 fully saturated rings. The van der Waals surface area contributed by atoms with Crippen LogP contribution in [0.4, 0.5) is 0 Å². The van der Waals surface area contributed by atoms with Crippen molar-refractivity contribution >= 4 is 26.2 Å². The van der Waals surface area contributed by atoms with E-state index in [4.69, 9.17) is 9.47 Å². The van der Waals surface area contributed by atoms with E-state index in [1.807, 2.05) is 51.1 Å². The lowest BCUT2D eigenvalue weighted by Gasteiger charge is -2.39. The molecule has 3 unspecified atom stereocenters. The van der Waals surface area contributed by atoms with Gasteiger partial charge in [0.15, 0.2) is 0 Å². The standard InChI is InChI=1S/C18H27O4PS/c1-6-21-16(19)17(5,22-7-2)18(23-20,14(3)4)13-24-15-11-9-8-10-12-15/h8-12,14H,6-7,13H2,1-5H3/p+1. The molecule has 0 bridgehead atoms. The molecule has 1 rings (SSSR count). The Balaban J connectivity index is 3.23. The molecule has 1 aromatic rings. The van der Waals surface area contributed by atoms with E-state index in [9.17, 15) is 9.36 Å². The zero-order chi connectivity index (χ0) is 18.2. The lowest BCUT2D eigenvalue weighted by Crippen LogP contribution is -2.60. The monoisotopic (exact) mass is 371 g/mol. The average Bonchev–Trinajstić information content (AvgIpc) is 2.56. The molecule has 0 heterocycles. The number of esters is 1. The van der Waals surface area contributed by atoms with Crippen molar-refractivity contribution in [1.82, 2.24) is 0 Å². The Morgan fingerprint density at radius 1 is 1.21 bits per heavy atom. The van der Waals surface area contributed by atoms with Crippen LogP contribution >= 0.6 is 20.2 Å². The SMILES string of the molecule is CCOC(=O)C(C)(OCC)C(CSc1ccccc1)([PH+]=O)C(C)C. The van der Waals surface area contributed by atoms with E-state index in [0.29, 0.717) is 12.4 Å². The Labute approximate surface area is 150 Å². The normalized spacial score (nSPS) is 16.6. The number of carbonyl (C=O) groups is 1. The molecule has 0 saturated carbocycles. The lowest BCUT2D eigenvalue weighted by molar-refractivity contribution is -0.175. The first-order valence-corrected chi connectivity index (χ1v) is 10.2. The molecule has 0 aliphatic rings. The summed E-state index contributed by atoms with van der Waals surface area (Å²) in [6, 6.07) is 9.90. The van der Waals surface area contributed by atoms with Gasteiger partial charge in [0.2, 0.25) is 10.8 Å². The van der Waals surface area contributed by atoms with Gasteiger partial charge in [0.05, 0.1) is 12.4 Å². The first-order chi connectivity index (χ1) is 11.4. The quantitative estimate of drug-likeness (QED) is 0.343. The number of hydrogen-bond donors (Lipinski definition) is 0. The lowest BCUT2D eigenvalue weighted by atomic mass is 9.80. The van der Waals surface area contributed by atoms with Crippen LogP contribution in [-0.4, -0.2) is 35.7 Å². The van der Waals surface area contributed by atoms with Gasteiger partial charge in [0.25, 0.3) is 0 Å². The van der Waals surface area contributed by atoms with Gasteiger partial charge < -0.3 is 9.47 Å². The summed E-state index contributed by atoms with van der Waals surface area (Å²) in [7, 11) is -0.687. The minimum Gasteiger partial charge on any atom is -0.464 e. The molecule has 0 amide bonds. The first kappa shape index (κ1) is 21.1. The third-order valence-electron chi connectivity index (χ3n) is 4.33. The van der Waals surface area contributed by atoms with Crippen LogP contribution in [0.1, 0.15) is 34.6 Å². The topological polar surface area (TPSA) is 52.6 Å². The van der Waals surface area contributed by atoms with Crippen molar-refractivity contribution in [1.29, 1.82) is 0 Å². The van der Waals surface area contributed by atoms with E-state index in [2.05, 4.69) is 0 Å². The Bertz CT molecular complexity index is 537. The highest BCUT2D eigenvalue weighted by Gasteiger charge is 2.64. The second-order valence-corrected chi connectivity index (χ2v) is 8.16. The van der Waals surface area contributed by atoms with Gasteiger partial charge >= 0.3 is 14.4 Å². The van der Waals surface area contributed by atoms with Crippen molar-refractivity contribution in [3.05, 3.63) is 30.3 Å². The van der Waals surface area contributed by atoms with E-state index in [-0.39, 0.29) is 12.5 Å². The predicted octanol–water partition coefficient (Wildman–Crippen LogP) is 4.56. The number of ether oxygens (including phenoxy) is 2. The van der Waals surface area contributed by atoms with Gasteiger partial charge in [0.1, 0.15) is 0 Å². The van der Waals surface area contributed by atoms with Gasteiger partial charge in [-0.15, -0.1) is 11.8 Å². The van der Waals surface area contributed by atoms with E-state index >= 15 is 0 Å². The van der Waals surface area contributed by atoms with E-state index in [0.717, 1.165) is 4.90 Å². The Morgan fingerprint density at radius 2 is 1.83 bits per heavy atom. The second kappa shape index (κ2) is 9.55. The molecule has 6 heteroatoms. The molecule has 0 aromatic heterocycles. The molecule has 0 saturated heterocycles. The largest absolute Gasteiger partial charge is 0.464 e. The summed E-state index contributed by atoms with van der Waals surface area (Å²) in [6.45, 7) is 9.89. The summed E-state index contributed by atoms with van der Waals surface area (Å²) >= 11 is 1.59. The molecule has 0 aliphatic carbocycles. The number of rotatable bonds is 10. The molecule has 0 radical (unpaired) electrons. The molecule has 134 valence electrons. The summed E-state index contributed by atoms with van der Waals surface area (Å²) in [5.74, 6) is 0.0365. The molecule has 3 atom stereocenters. The first-order valence-electron chi connectivity index (χ1n) is 8.26. The summed E-state index contributed by atoms with van der Waals surface area (Å²) < 4.78 is 23.5. The summed E-state index contributed by atoms with van der Waals surface area (Å²) in [6.07, 6.45) is 0. The summed E-state index contributed by atoms with van der Waals surface area (Å²) in [5, 5.41) is -0.838. The van der Waals surface area contributed by atoms with Crippen molar-refractivity contribution in [2.24, 2.45) is 5.92 Å². The van der Waals surface area contributed by atoms with Crippen LogP contribution in [0.15, 0.2) is 35.2 Å². The molecule has 4 nitrogen and oxygen atoms in total. The van der Waals surface area contributed by atoms with Crippen molar-refractivity contribution in [2.45, 2.75) is 50.3 Å². The molecule has 1 aromatic carbocycles. The molecule has 0 spiro atoms. The minimum absolute atomic E-state index is 0.0227. The number of carbonyl (C=O) groups excluding carboxylic acids is 1. The Hall–Kier alpha value is -0.900. The van der Waals surface area contributed by atoms with Crippen molar-refractivity contribution in [3.8, 4) is 0 Å². The van der Waals surface area contributed by atoms with Crippen LogP contribution in [-0.2, 0) is 18.8 Å². The van der Waals surface area contributed by atoms with Gasteiger partial charge in [-0.2, -0.15) is 0 Å². The van der Waals surface area contributed by atoms with Crippen molar-refractivity contribution in [2.75, 3.05) is 19.0 Å². The highest BCUT2D eigenvalue weighted by molar-refractivity contribution is 7.99. The molecular formula is C18H28O4PS+. The maximum atomic E-state index is 12.7. The molecular weight excluding hydrogens is 343 g/mol. The number of thioether (sulfide) groups is 1. The minimum atomic E-state index is -1.26. The van der Waals surface area contributed by atoms with E-state index in [1.54, 1.807) is 25.6 Å². The van der Waals surface area contributed by atoms with Crippen LogP contribution in [0.5, 0.6) is 0 Å². The van der Waals surface area contributed by atoms with Gasteiger partial charge in [-0.05, 0) is 32.9 Å². The van der Waals surface area contributed by atoms with Crippen LogP contribution in [0, 0.1) is 5.92 Å². The number of benzene rings is 1. The number of hydrogen-bond acceptors (Lipinski definition) is 5. The molecule has 0 N–H and O–H groups in total. The zero-order valence-corrected chi connectivity index (χ0v) is 16.9. The third kappa shape index (κ3) is 4.38. The van der Waals surface area contributed by atoms with Crippen molar-refractivity contribution < 1.29 is 18.8 Å². The smallest absolute Gasteiger partial charge is 0.343 e. The highest BCUT2D eigenvalue weighted by atomic mass is 32.2. The van der Waals surface area contributed by atoms with Crippen LogP contribution in [0.3, 0.4) is 0 Å². The van der Waals surface area contributed by atoms with Gasteiger partial charge in [-0.1, -0.05) is 36.6 Å². The van der Waals surface area contributed by atoms with Crippen LogP contribution in [0.25, 0.3) is 0 Å². The Kier molecular flexibility index (Phi) is 8.41. The second-order valence-electron chi connectivity index (χ2n) is 6.02. The fourth-order valence-corrected chi connectivity index (χ4v) is 5.15. The Morgan fingerprint density at radius 3 is 2.29 bits per heavy atom. The fraction of sp³-hybridized carbons (Fsp3) is 0.611. The van der Waals surface area contributed by atoms with E-state index < -0.39 is 25.2 Å². The summed E-state index contributed by atoms with van der Waals surface area (Å²) in [4.78, 5) is 13.8. The maximum Gasteiger partial charge on any atom is 0.343 e. The maximum absolute atomic E-state index is 12.7. The molecule has 24 heavy (non-hydrogen) atoms. The fourth-order valence-electron chi connectivity index (χ4n) is 2.74. The van der Waals surface area contributed by atoms with Crippen LogP contribution < -0.4 is 0 Å². The van der Waals surface area contributed by atoms with Crippen LogP contribution in [0.2, 0.25) is 0 Å².